The van der Waals surface area contributed by atoms with Crippen molar-refractivity contribution < 1.29 is 19.1 Å². The molecule has 1 heterocycles. The summed E-state index contributed by atoms with van der Waals surface area (Å²) in [6, 6.07) is 19.7. The van der Waals surface area contributed by atoms with E-state index >= 15 is 0 Å². The van der Waals surface area contributed by atoms with Gasteiger partial charge in [-0.25, -0.2) is 9.78 Å². The smallest absolute Gasteiger partial charge is 0.354 e. The predicted octanol–water partition coefficient (Wildman–Crippen LogP) is 6.92. The Bertz CT molecular complexity index is 1380. The molecule has 1 unspecified atom stereocenters. The van der Waals surface area contributed by atoms with Crippen molar-refractivity contribution in [1.82, 2.24) is 14.6 Å². The highest BCUT2D eigenvalue weighted by Crippen LogP contribution is 2.31. The molecule has 2 saturated carbocycles. The first-order valence-electron chi connectivity index (χ1n) is 17.0. The third-order valence-corrected chi connectivity index (χ3v) is 9.10. The molecule has 8 heteroatoms. The molecule has 5 rings (SSSR count). The molecular formula is C37H49N3O5. The van der Waals surface area contributed by atoms with E-state index in [9.17, 15) is 9.59 Å². The van der Waals surface area contributed by atoms with Crippen LogP contribution in [0.15, 0.2) is 65.5 Å². The van der Waals surface area contributed by atoms with E-state index in [1.54, 1.807) is 10.6 Å². The van der Waals surface area contributed by atoms with Crippen molar-refractivity contribution in [2.75, 3.05) is 13.2 Å². The van der Waals surface area contributed by atoms with Crippen LogP contribution in [0.5, 0.6) is 5.75 Å². The Balaban J connectivity index is 1.17. The molecule has 45 heavy (non-hydrogen) atoms. The normalized spacial score (nSPS) is 16.9. The van der Waals surface area contributed by atoms with Crippen LogP contribution in [0.1, 0.15) is 89.4 Å². The van der Waals surface area contributed by atoms with E-state index < -0.39 is 6.10 Å². The first-order valence-corrected chi connectivity index (χ1v) is 17.0. The minimum Gasteiger partial charge on any atom is -0.492 e. The molecule has 8 nitrogen and oxygen atoms in total. The van der Waals surface area contributed by atoms with Gasteiger partial charge in [0.2, 0.25) is 0 Å². The summed E-state index contributed by atoms with van der Waals surface area (Å²) in [6.45, 7) is 5.10. The summed E-state index contributed by atoms with van der Waals surface area (Å²) >= 11 is 0. The molecule has 2 aromatic carbocycles. The van der Waals surface area contributed by atoms with E-state index in [0.717, 1.165) is 42.6 Å². The van der Waals surface area contributed by atoms with Gasteiger partial charge in [0.1, 0.15) is 18.2 Å². The van der Waals surface area contributed by atoms with Crippen LogP contribution in [0.2, 0.25) is 0 Å². The molecule has 242 valence electrons. The summed E-state index contributed by atoms with van der Waals surface area (Å²) in [6.07, 6.45) is 12.1. The van der Waals surface area contributed by atoms with Gasteiger partial charge in [-0.1, -0.05) is 87.9 Å². The van der Waals surface area contributed by atoms with Crippen molar-refractivity contribution in [1.29, 1.82) is 0 Å². The molecular weight excluding hydrogens is 566 g/mol. The Morgan fingerprint density at radius 3 is 2.16 bits per heavy atom. The van der Waals surface area contributed by atoms with Gasteiger partial charge in [-0.3, -0.25) is 9.36 Å². The number of nitrogens with zero attached hydrogens (tertiary/aromatic N) is 3. The zero-order valence-electron chi connectivity index (χ0n) is 27.0. The summed E-state index contributed by atoms with van der Waals surface area (Å²) in [7, 11) is 0. The summed E-state index contributed by atoms with van der Waals surface area (Å²) in [4.78, 5) is 37.4. The Kier molecular flexibility index (Phi) is 12.2. The second-order valence-electron chi connectivity index (χ2n) is 12.3. The van der Waals surface area contributed by atoms with Crippen LogP contribution in [0.4, 0.5) is 0 Å². The minimum atomic E-state index is -0.665. The van der Waals surface area contributed by atoms with E-state index in [0.29, 0.717) is 56.1 Å². The average Bonchev–Trinajstić information content (AvgIpc) is 3.09. The Labute approximate surface area is 267 Å². The number of hydrogen-bond acceptors (Lipinski definition) is 7. The predicted molar refractivity (Wildman–Crippen MR) is 176 cm³/mol. The second-order valence-corrected chi connectivity index (χ2v) is 12.3. The van der Waals surface area contributed by atoms with Crippen LogP contribution in [0.3, 0.4) is 0 Å². The van der Waals surface area contributed by atoms with E-state index in [1.165, 1.54) is 38.5 Å². The quantitative estimate of drug-likeness (QED) is 0.182. The first-order chi connectivity index (χ1) is 22.1. The van der Waals surface area contributed by atoms with Gasteiger partial charge in [-0.05, 0) is 50.3 Å². The zero-order chi connectivity index (χ0) is 31.4. The van der Waals surface area contributed by atoms with Gasteiger partial charge in [0, 0.05) is 43.2 Å². The number of carbonyl (C=O) groups is 1. The maximum absolute atomic E-state index is 13.5. The summed E-state index contributed by atoms with van der Waals surface area (Å²) in [5.74, 6) is 1.15. The average molecular weight is 616 g/mol. The van der Waals surface area contributed by atoms with Gasteiger partial charge < -0.3 is 14.3 Å². The van der Waals surface area contributed by atoms with Gasteiger partial charge in [0.25, 0.3) is 5.56 Å². The minimum absolute atomic E-state index is 0.0842. The molecule has 1 aromatic heterocycles. The lowest BCUT2D eigenvalue weighted by atomic mass is 9.90. The molecule has 0 aliphatic heterocycles. The van der Waals surface area contributed by atoms with Crippen molar-refractivity contribution in [3.8, 4) is 17.0 Å². The fourth-order valence-corrected chi connectivity index (χ4v) is 6.70. The van der Waals surface area contributed by atoms with Gasteiger partial charge in [0.15, 0.2) is 6.10 Å². The molecule has 0 saturated heterocycles. The third kappa shape index (κ3) is 9.04. The van der Waals surface area contributed by atoms with E-state index in [4.69, 9.17) is 19.3 Å². The number of benzene rings is 2. The molecule has 0 spiro atoms. The van der Waals surface area contributed by atoms with E-state index in [-0.39, 0.29) is 11.5 Å². The molecule has 0 radical (unpaired) electrons. The molecule has 1 atom stereocenters. The number of hydrogen-bond donors (Lipinski definition) is 0. The highest BCUT2D eigenvalue weighted by atomic mass is 16.7. The number of hydroxylamine groups is 2. The van der Waals surface area contributed by atoms with Gasteiger partial charge >= 0.3 is 5.97 Å². The van der Waals surface area contributed by atoms with Crippen molar-refractivity contribution in [3.05, 3.63) is 82.4 Å². The topological polar surface area (TPSA) is 82.9 Å². The van der Waals surface area contributed by atoms with E-state index in [1.807, 2.05) is 68.4 Å². The van der Waals surface area contributed by atoms with Crippen molar-refractivity contribution in [2.24, 2.45) is 0 Å². The number of aryl methyl sites for hydroxylation is 1. The number of carbonyl (C=O) groups excluding carboxylic acids is 1. The SMILES string of the molecule is CCOC(Cc1ccc(OCCn2c(CC)nc(-c3ccccc3)cc2=O)cc1)C(=O)ON(C1CCCCC1)C1CCCCC1. The molecule has 2 aliphatic carbocycles. The lowest BCUT2D eigenvalue weighted by Crippen LogP contribution is -2.48. The largest absolute Gasteiger partial charge is 0.492 e. The molecule has 0 N–H and O–H groups in total. The van der Waals surface area contributed by atoms with Crippen LogP contribution in [-0.4, -0.2) is 52.0 Å². The van der Waals surface area contributed by atoms with Gasteiger partial charge in [-0.2, -0.15) is 0 Å². The lowest BCUT2D eigenvalue weighted by Gasteiger charge is -2.40. The molecule has 2 fully saturated rings. The summed E-state index contributed by atoms with van der Waals surface area (Å²) in [5, 5.41) is 2.07. The number of aromatic nitrogens is 2. The van der Waals surface area contributed by atoms with E-state index in [2.05, 4.69) is 5.06 Å². The van der Waals surface area contributed by atoms with Crippen molar-refractivity contribution >= 4 is 5.97 Å². The van der Waals surface area contributed by atoms with Crippen molar-refractivity contribution in [2.45, 2.75) is 116 Å². The maximum atomic E-state index is 13.5. The summed E-state index contributed by atoms with van der Waals surface area (Å²) < 4.78 is 13.6. The van der Waals surface area contributed by atoms with Gasteiger partial charge in [-0.15, -0.1) is 5.06 Å². The summed E-state index contributed by atoms with van der Waals surface area (Å²) in [5.41, 5.74) is 2.51. The molecule has 2 aliphatic rings. The Morgan fingerprint density at radius 2 is 1.56 bits per heavy atom. The highest BCUT2D eigenvalue weighted by Gasteiger charge is 2.34. The van der Waals surface area contributed by atoms with Gasteiger partial charge in [0.05, 0.1) is 12.2 Å². The zero-order valence-corrected chi connectivity index (χ0v) is 27.0. The number of ether oxygens (including phenoxy) is 2. The Morgan fingerprint density at radius 1 is 0.911 bits per heavy atom. The first kappa shape index (κ1) is 32.9. The fourth-order valence-electron chi connectivity index (χ4n) is 6.70. The van der Waals surface area contributed by atoms with Crippen molar-refractivity contribution in [3.63, 3.8) is 0 Å². The highest BCUT2D eigenvalue weighted by molar-refractivity contribution is 5.75. The van der Waals surface area contributed by atoms with Crippen LogP contribution in [0.25, 0.3) is 11.3 Å². The van der Waals surface area contributed by atoms with Crippen LogP contribution < -0.4 is 10.3 Å². The monoisotopic (exact) mass is 615 g/mol. The molecule has 0 bridgehead atoms. The second kappa shape index (κ2) is 16.7. The third-order valence-electron chi connectivity index (χ3n) is 9.10. The lowest BCUT2D eigenvalue weighted by molar-refractivity contribution is -0.232. The number of rotatable bonds is 14. The fraction of sp³-hybridized carbons (Fsp3) is 0.541. The molecule has 3 aromatic rings. The maximum Gasteiger partial charge on any atom is 0.354 e. The standard InChI is InChI=1S/C37H49N3O5/c1-3-35-38-33(29-14-8-5-9-15-29)27-36(41)39(35)24-25-44-32-22-20-28(21-23-32)26-34(43-4-2)37(42)45-40(30-16-10-6-11-17-30)31-18-12-7-13-19-31/h5,8-9,14-15,20-23,27,30-31,34H,3-4,6-7,10-13,16-19,24-26H2,1-2H3. The van der Waals surface area contributed by atoms with Crippen LogP contribution in [-0.2, 0) is 33.8 Å². The van der Waals surface area contributed by atoms with Crippen LogP contribution in [0, 0.1) is 0 Å². The molecule has 0 amide bonds. The Hall–Kier alpha value is -3.49. The van der Waals surface area contributed by atoms with Crippen LogP contribution >= 0.6 is 0 Å².